The van der Waals surface area contributed by atoms with Crippen molar-refractivity contribution in [3.8, 4) is 22.9 Å². The van der Waals surface area contributed by atoms with Crippen LogP contribution in [0, 0.1) is 0 Å². The van der Waals surface area contributed by atoms with Gasteiger partial charge in [0, 0.05) is 48.3 Å². The van der Waals surface area contributed by atoms with Gasteiger partial charge in [0.2, 0.25) is 5.91 Å². The Labute approximate surface area is 171 Å². The maximum absolute atomic E-state index is 10.9. The highest BCUT2D eigenvalue weighted by Gasteiger charge is 2.06. The van der Waals surface area contributed by atoms with Crippen LogP contribution >= 0.6 is 0 Å². The Balaban J connectivity index is 0.000000171. The summed E-state index contributed by atoms with van der Waals surface area (Å²) in [4.78, 5) is 21.5. The van der Waals surface area contributed by atoms with Crippen molar-refractivity contribution in [2.45, 2.75) is 0 Å². The molecule has 4 rings (SSSR count). The van der Waals surface area contributed by atoms with Gasteiger partial charge >= 0.3 is 5.97 Å². The van der Waals surface area contributed by atoms with E-state index in [4.69, 9.17) is 10.8 Å². The van der Waals surface area contributed by atoms with Gasteiger partial charge in [-0.05, 0) is 36.4 Å². The van der Waals surface area contributed by atoms with Crippen LogP contribution in [-0.4, -0.2) is 36.3 Å². The van der Waals surface area contributed by atoms with E-state index in [1.165, 1.54) is 12.3 Å². The number of hydrogen-bond acceptors (Lipinski definition) is 4. The maximum Gasteiger partial charge on any atom is 0.337 e. The highest BCUT2D eigenvalue weighted by molar-refractivity contribution is 5.92. The van der Waals surface area contributed by atoms with Crippen LogP contribution in [0.15, 0.2) is 85.5 Å². The van der Waals surface area contributed by atoms with Gasteiger partial charge < -0.3 is 30.2 Å². The molecular weight excluding hydrogens is 386 g/mol. The van der Waals surface area contributed by atoms with Crippen molar-refractivity contribution in [3.05, 3.63) is 96.6 Å². The third kappa shape index (κ3) is 4.87. The summed E-state index contributed by atoms with van der Waals surface area (Å²) < 4.78 is 3.36. The monoisotopic (exact) mass is 405 g/mol. The Hall–Kier alpha value is -4.46. The molecule has 0 saturated heterocycles. The van der Waals surface area contributed by atoms with Crippen molar-refractivity contribution in [1.29, 1.82) is 0 Å². The van der Waals surface area contributed by atoms with E-state index in [0.717, 1.165) is 11.4 Å². The molecule has 0 radical (unpaired) electrons. The zero-order chi connectivity index (χ0) is 21.7. The van der Waals surface area contributed by atoms with E-state index < -0.39 is 11.9 Å². The molecule has 8 nitrogen and oxygen atoms in total. The SMILES string of the molecule is NC(=O)c1ccn(-c2cccc(O)c2)c1.O=C(O)c1ccn(-c2cccc(O)c2)c1. The fourth-order valence-electron chi connectivity index (χ4n) is 2.69. The molecule has 5 N–H and O–H groups in total. The van der Waals surface area contributed by atoms with Crippen LogP contribution in [0.2, 0.25) is 0 Å². The lowest BCUT2D eigenvalue weighted by Crippen LogP contribution is -2.09. The van der Waals surface area contributed by atoms with Crippen molar-refractivity contribution < 1.29 is 24.9 Å². The molecule has 8 heteroatoms. The molecule has 0 saturated carbocycles. The molecule has 2 aromatic carbocycles. The van der Waals surface area contributed by atoms with Crippen LogP contribution < -0.4 is 5.73 Å². The number of phenolic OH excluding ortho intramolecular Hbond substituents is 2. The number of carboxylic acids is 1. The van der Waals surface area contributed by atoms with E-state index in [2.05, 4.69) is 0 Å². The fourth-order valence-corrected chi connectivity index (χ4v) is 2.69. The van der Waals surface area contributed by atoms with Gasteiger partial charge in [0.05, 0.1) is 11.1 Å². The Morgan fingerprint density at radius 3 is 1.57 bits per heavy atom. The Morgan fingerprint density at radius 2 is 1.20 bits per heavy atom. The van der Waals surface area contributed by atoms with E-state index >= 15 is 0 Å². The zero-order valence-electron chi connectivity index (χ0n) is 15.7. The number of benzene rings is 2. The normalized spacial score (nSPS) is 10.1. The number of hydrogen-bond donors (Lipinski definition) is 4. The van der Waals surface area contributed by atoms with Crippen LogP contribution in [0.3, 0.4) is 0 Å². The van der Waals surface area contributed by atoms with Crippen LogP contribution in [0.5, 0.6) is 11.5 Å². The van der Waals surface area contributed by atoms with Gasteiger partial charge in [0.25, 0.3) is 0 Å². The summed E-state index contributed by atoms with van der Waals surface area (Å²) in [5.41, 5.74) is 7.30. The minimum absolute atomic E-state index is 0.151. The molecule has 0 fully saturated rings. The van der Waals surface area contributed by atoms with Crippen molar-refractivity contribution in [2.75, 3.05) is 0 Å². The second-order valence-electron chi connectivity index (χ2n) is 6.32. The smallest absolute Gasteiger partial charge is 0.337 e. The van der Waals surface area contributed by atoms with Gasteiger partial charge in [0.1, 0.15) is 11.5 Å². The van der Waals surface area contributed by atoms with E-state index in [1.807, 2.05) is 6.07 Å². The molecule has 2 heterocycles. The minimum atomic E-state index is -0.964. The second kappa shape index (κ2) is 8.70. The van der Waals surface area contributed by atoms with E-state index in [0.29, 0.717) is 5.56 Å². The highest BCUT2D eigenvalue weighted by atomic mass is 16.4. The fraction of sp³-hybridized carbons (Fsp3) is 0. The average molecular weight is 405 g/mol. The predicted octanol–water partition coefficient (Wildman–Crippen LogP) is 3.16. The highest BCUT2D eigenvalue weighted by Crippen LogP contribution is 2.17. The quantitative estimate of drug-likeness (QED) is 0.414. The van der Waals surface area contributed by atoms with E-state index in [-0.39, 0.29) is 17.1 Å². The maximum atomic E-state index is 10.9. The molecule has 0 aliphatic heterocycles. The summed E-state index contributed by atoms with van der Waals surface area (Å²) in [5.74, 6) is -1.09. The summed E-state index contributed by atoms with van der Waals surface area (Å²) in [6, 6.07) is 16.5. The van der Waals surface area contributed by atoms with Gasteiger partial charge in [-0.3, -0.25) is 4.79 Å². The number of carbonyl (C=O) groups is 2. The number of carboxylic acid groups (broad SMARTS) is 1. The lowest BCUT2D eigenvalue weighted by molar-refractivity contribution is 0.0696. The molecule has 0 aliphatic carbocycles. The number of aromatic nitrogens is 2. The Kier molecular flexibility index (Phi) is 5.88. The van der Waals surface area contributed by atoms with Crippen molar-refractivity contribution in [3.63, 3.8) is 0 Å². The number of rotatable bonds is 4. The molecule has 0 bridgehead atoms. The van der Waals surface area contributed by atoms with Crippen LogP contribution in [0.4, 0.5) is 0 Å². The topological polar surface area (TPSA) is 131 Å². The van der Waals surface area contributed by atoms with Gasteiger partial charge in [-0.1, -0.05) is 12.1 Å². The summed E-state index contributed by atoms with van der Waals surface area (Å²) in [7, 11) is 0. The van der Waals surface area contributed by atoms with Crippen LogP contribution in [0.25, 0.3) is 11.4 Å². The third-order valence-corrected chi connectivity index (χ3v) is 4.17. The number of phenols is 2. The standard InChI is InChI=1S/C11H10N2O2.C11H9NO3/c12-11(15)8-4-5-13(7-8)9-2-1-3-10(14)6-9;13-10-3-1-2-9(6-10)12-5-4-8(7-12)11(14)15/h1-7,14H,(H2,12,15);1-7,13H,(H,14,15). The van der Waals surface area contributed by atoms with Crippen molar-refractivity contribution >= 4 is 11.9 Å². The Bertz CT molecular complexity index is 1100. The van der Waals surface area contributed by atoms with Gasteiger partial charge in [0.15, 0.2) is 0 Å². The first-order chi connectivity index (χ1) is 14.3. The molecule has 0 aliphatic rings. The number of aromatic hydroxyl groups is 2. The molecule has 30 heavy (non-hydrogen) atoms. The molecule has 152 valence electrons. The molecule has 4 aromatic rings. The molecule has 0 unspecified atom stereocenters. The second-order valence-corrected chi connectivity index (χ2v) is 6.32. The van der Waals surface area contributed by atoms with Crippen LogP contribution in [0.1, 0.15) is 20.7 Å². The summed E-state index contributed by atoms with van der Waals surface area (Å²) in [5, 5.41) is 27.3. The molecule has 1 amide bonds. The van der Waals surface area contributed by atoms with E-state index in [9.17, 15) is 19.8 Å². The predicted molar refractivity (Wildman–Crippen MR) is 110 cm³/mol. The first kappa shape index (κ1) is 20.3. The zero-order valence-corrected chi connectivity index (χ0v) is 15.7. The number of nitrogens with two attached hydrogens (primary N) is 1. The van der Waals surface area contributed by atoms with Gasteiger partial charge in [-0.15, -0.1) is 0 Å². The lowest BCUT2D eigenvalue weighted by atomic mass is 10.3. The molecule has 2 aromatic heterocycles. The first-order valence-electron chi connectivity index (χ1n) is 8.81. The average Bonchev–Trinajstić information content (AvgIpc) is 3.39. The minimum Gasteiger partial charge on any atom is -0.508 e. The molecule has 0 spiro atoms. The van der Waals surface area contributed by atoms with Crippen molar-refractivity contribution in [2.24, 2.45) is 5.73 Å². The number of nitrogens with zero attached hydrogens (tertiary/aromatic N) is 2. The summed E-state index contributed by atoms with van der Waals surface area (Å²) >= 11 is 0. The largest absolute Gasteiger partial charge is 0.508 e. The first-order valence-corrected chi connectivity index (χ1v) is 8.81. The molecular formula is C22H19N3O5. The van der Waals surface area contributed by atoms with Gasteiger partial charge in [-0.25, -0.2) is 4.79 Å². The van der Waals surface area contributed by atoms with Gasteiger partial charge in [-0.2, -0.15) is 0 Å². The van der Waals surface area contributed by atoms with E-state index in [1.54, 1.807) is 76.3 Å². The number of amides is 1. The number of aromatic carboxylic acids is 1. The molecule has 0 atom stereocenters. The van der Waals surface area contributed by atoms with Crippen molar-refractivity contribution in [1.82, 2.24) is 9.13 Å². The number of carbonyl (C=O) groups excluding carboxylic acids is 1. The third-order valence-electron chi connectivity index (χ3n) is 4.17. The summed E-state index contributed by atoms with van der Waals surface area (Å²) in [6.45, 7) is 0. The Morgan fingerprint density at radius 1 is 0.733 bits per heavy atom. The number of primary amides is 1. The summed E-state index contributed by atoms with van der Waals surface area (Å²) in [6.07, 6.45) is 6.47. The lowest BCUT2D eigenvalue weighted by Gasteiger charge is -2.02. The van der Waals surface area contributed by atoms with Crippen LogP contribution in [-0.2, 0) is 0 Å².